The van der Waals surface area contributed by atoms with Gasteiger partial charge in [-0.3, -0.25) is 4.79 Å². The highest BCUT2D eigenvalue weighted by Gasteiger charge is 2.37. The number of nitrogens with zero attached hydrogens (tertiary/aromatic N) is 4. The smallest absolute Gasteiger partial charge is 0.273 e. The first-order valence-corrected chi connectivity index (χ1v) is 9.28. The number of aromatic nitrogens is 3. The number of nitrogens with one attached hydrogen (secondary N) is 1. The molecule has 3 rings (SSSR count). The molecule has 0 atom stereocenters. The molecule has 1 aromatic heterocycles. The molecule has 1 aliphatic heterocycles. The van der Waals surface area contributed by atoms with Gasteiger partial charge in [0.1, 0.15) is 0 Å². The number of sulfonamides is 1. The summed E-state index contributed by atoms with van der Waals surface area (Å²) < 4.78 is 26.8. The maximum Gasteiger partial charge on any atom is 0.273 e. The van der Waals surface area contributed by atoms with Crippen molar-refractivity contribution in [1.29, 1.82) is 0 Å². The minimum absolute atomic E-state index is 0.0379. The third kappa shape index (κ3) is 3.30. The van der Waals surface area contributed by atoms with Crippen molar-refractivity contribution in [3.63, 3.8) is 0 Å². The summed E-state index contributed by atoms with van der Waals surface area (Å²) in [4.78, 5) is 11.9. The van der Waals surface area contributed by atoms with Gasteiger partial charge >= 0.3 is 0 Å². The molecule has 0 radical (unpaired) electrons. The van der Waals surface area contributed by atoms with Gasteiger partial charge in [-0.15, -0.1) is 5.10 Å². The minimum Gasteiger partial charge on any atom is -0.350 e. The number of carbonyl (C=O) groups excluding carboxylic acids is 1. The van der Waals surface area contributed by atoms with E-state index in [1.54, 1.807) is 10.9 Å². The van der Waals surface area contributed by atoms with E-state index in [0.29, 0.717) is 32.0 Å². The van der Waals surface area contributed by atoms with Gasteiger partial charge in [0, 0.05) is 19.6 Å². The molecule has 0 unspecified atom stereocenters. The molecule has 2 aliphatic rings. The van der Waals surface area contributed by atoms with Crippen LogP contribution >= 0.6 is 0 Å². The van der Waals surface area contributed by atoms with Gasteiger partial charge in [0.05, 0.1) is 18.0 Å². The molecule has 1 amide bonds. The quantitative estimate of drug-likeness (QED) is 0.761. The Morgan fingerprint density at radius 2 is 2.14 bits per heavy atom. The summed E-state index contributed by atoms with van der Waals surface area (Å²) in [6.45, 7) is 3.33. The number of hydrogen-bond acceptors (Lipinski definition) is 5. The summed E-state index contributed by atoms with van der Waals surface area (Å²) in [5.41, 5.74) is 0.288. The highest BCUT2D eigenvalue weighted by atomic mass is 32.2. The summed E-state index contributed by atoms with van der Waals surface area (Å²) >= 11 is 0. The Morgan fingerprint density at radius 1 is 1.41 bits per heavy atom. The first-order chi connectivity index (χ1) is 10.5. The van der Waals surface area contributed by atoms with Gasteiger partial charge in [0.2, 0.25) is 10.0 Å². The van der Waals surface area contributed by atoms with E-state index in [-0.39, 0.29) is 23.4 Å². The second-order valence-corrected chi connectivity index (χ2v) is 8.11. The van der Waals surface area contributed by atoms with Crippen molar-refractivity contribution >= 4 is 15.9 Å². The Balaban J connectivity index is 1.53. The second kappa shape index (κ2) is 5.96. The van der Waals surface area contributed by atoms with E-state index in [4.69, 9.17) is 0 Å². The minimum atomic E-state index is -3.14. The van der Waals surface area contributed by atoms with Crippen LogP contribution in [0.25, 0.3) is 0 Å². The van der Waals surface area contributed by atoms with E-state index in [0.717, 1.165) is 0 Å². The highest BCUT2D eigenvalue weighted by molar-refractivity contribution is 7.89. The molecule has 2 fully saturated rings. The average molecular weight is 327 g/mol. The number of hydrogen-bond donors (Lipinski definition) is 1. The van der Waals surface area contributed by atoms with Crippen LogP contribution in [0.4, 0.5) is 0 Å². The molecule has 2 heterocycles. The van der Waals surface area contributed by atoms with Crippen molar-refractivity contribution < 1.29 is 13.2 Å². The molecule has 1 aliphatic carbocycles. The van der Waals surface area contributed by atoms with E-state index in [2.05, 4.69) is 15.6 Å². The van der Waals surface area contributed by atoms with Crippen molar-refractivity contribution in [2.45, 2.75) is 32.2 Å². The van der Waals surface area contributed by atoms with Gasteiger partial charge in [0.15, 0.2) is 5.69 Å². The molecule has 1 saturated carbocycles. The summed E-state index contributed by atoms with van der Waals surface area (Å²) in [6.07, 6.45) is 4.56. The van der Waals surface area contributed by atoms with Crippen LogP contribution in [0.5, 0.6) is 0 Å². The fourth-order valence-corrected chi connectivity index (χ4v) is 3.98. The molecule has 122 valence electrons. The zero-order valence-electron chi connectivity index (χ0n) is 12.6. The Hall–Kier alpha value is -1.48. The summed E-state index contributed by atoms with van der Waals surface area (Å²) in [5.74, 6) is 0.571. The molecule has 0 bridgehead atoms. The third-order valence-corrected chi connectivity index (χ3v) is 6.06. The Kier molecular flexibility index (Phi) is 4.18. The van der Waals surface area contributed by atoms with Gasteiger partial charge in [-0.25, -0.2) is 13.1 Å². The van der Waals surface area contributed by atoms with E-state index in [1.807, 2.05) is 6.92 Å². The molecule has 1 N–H and O–H groups in total. The van der Waals surface area contributed by atoms with Gasteiger partial charge in [0.25, 0.3) is 5.91 Å². The summed E-state index contributed by atoms with van der Waals surface area (Å²) in [6, 6.07) is -0.0379. The number of rotatable bonds is 7. The lowest BCUT2D eigenvalue weighted by Gasteiger charge is -2.37. The maximum absolute atomic E-state index is 11.9. The van der Waals surface area contributed by atoms with Gasteiger partial charge in [-0.1, -0.05) is 12.1 Å². The molecule has 9 heteroatoms. The fraction of sp³-hybridized carbons (Fsp3) is 0.769. The van der Waals surface area contributed by atoms with E-state index in [1.165, 1.54) is 17.1 Å². The van der Waals surface area contributed by atoms with Crippen LogP contribution in [0.2, 0.25) is 0 Å². The molecule has 22 heavy (non-hydrogen) atoms. The third-order valence-electron chi connectivity index (χ3n) is 4.05. The van der Waals surface area contributed by atoms with Crippen LogP contribution in [0.3, 0.4) is 0 Å². The average Bonchev–Trinajstić information content (AvgIpc) is 3.11. The molecule has 0 aromatic carbocycles. The SMILES string of the molecule is CCCS(=O)(=O)N1CC(n2cc(C(=O)NCC3CC3)nn2)C1. The molecular weight excluding hydrogens is 306 g/mol. The first kappa shape index (κ1) is 15.4. The number of carbonyl (C=O) groups is 1. The van der Waals surface area contributed by atoms with E-state index in [9.17, 15) is 13.2 Å². The lowest BCUT2D eigenvalue weighted by Crippen LogP contribution is -2.51. The van der Waals surface area contributed by atoms with Crippen molar-refractivity contribution in [1.82, 2.24) is 24.6 Å². The van der Waals surface area contributed by atoms with Gasteiger partial charge in [-0.05, 0) is 25.2 Å². The molecule has 1 saturated heterocycles. The van der Waals surface area contributed by atoms with Crippen molar-refractivity contribution in [2.75, 3.05) is 25.4 Å². The Labute approximate surface area is 129 Å². The second-order valence-electron chi connectivity index (χ2n) is 6.02. The van der Waals surface area contributed by atoms with Crippen molar-refractivity contribution in [2.24, 2.45) is 5.92 Å². The first-order valence-electron chi connectivity index (χ1n) is 7.67. The summed E-state index contributed by atoms with van der Waals surface area (Å²) in [7, 11) is -3.14. The molecule has 0 spiro atoms. The predicted octanol–water partition coefficient (Wildman–Crippen LogP) is 0.0144. The monoisotopic (exact) mass is 327 g/mol. The predicted molar refractivity (Wildman–Crippen MR) is 79.8 cm³/mol. The van der Waals surface area contributed by atoms with Crippen LogP contribution in [-0.2, 0) is 10.0 Å². The lowest BCUT2D eigenvalue weighted by molar-refractivity contribution is 0.0946. The molecule has 8 nitrogen and oxygen atoms in total. The van der Waals surface area contributed by atoms with Crippen LogP contribution in [-0.4, -0.2) is 59.0 Å². The van der Waals surface area contributed by atoms with E-state index < -0.39 is 10.0 Å². The van der Waals surface area contributed by atoms with Gasteiger partial charge < -0.3 is 5.32 Å². The normalized spacial score (nSPS) is 19.9. The highest BCUT2D eigenvalue weighted by Crippen LogP contribution is 2.27. The summed E-state index contributed by atoms with van der Waals surface area (Å²) in [5, 5.41) is 10.7. The van der Waals surface area contributed by atoms with Crippen molar-refractivity contribution in [3.05, 3.63) is 11.9 Å². The Bertz CT molecular complexity index is 646. The molecule has 1 aromatic rings. The maximum atomic E-state index is 11.9. The standard InChI is InChI=1S/C13H21N5O3S/c1-2-5-22(20,21)17-7-11(8-17)18-9-12(15-16-18)13(19)14-6-10-3-4-10/h9-11H,2-8H2,1H3,(H,14,19). The zero-order chi connectivity index (χ0) is 15.7. The van der Waals surface area contributed by atoms with Crippen LogP contribution < -0.4 is 5.32 Å². The fourth-order valence-electron chi connectivity index (χ4n) is 2.41. The topological polar surface area (TPSA) is 97.2 Å². The lowest BCUT2D eigenvalue weighted by atomic mass is 10.2. The molecular formula is C13H21N5O3S. The van der Waals surface area contributed by atoms with Crippen LogP contribution in [0.1, 0.15) is 42.7 Å². The largest absolute Gasteiger partial charge is 0.350 e. The number of amides is 1. The van der Waals surface area contributed by atoms with E-state index >= 15 is 0 Å². The Morgan fingerprint density at radius 3 is 2.77 bits per heavy atom. The van der Waals surface area contributed by atoms with Crippen LogP contribution in [0, 0.1) is 5.92 Å². The van der Waals surface area contributed by atoms with Crippen molar-refractivity contribution in [3.8, 4) is 0 Å². The van der Waals surface area contributed by atoms with Crippen LogP contribution in [0.15, 0.2) is 6.20 Å². The van der Waals surface area contributed by atoms with Gasteiger partial charge in [-0.2, -0.15) is 4.31 Å². The zero-order valence-corrected chi connectivity index (χ0v) is 13.4.